The lowest BCUT2D eigenvalue weighted by atomic mass is 10.1. The molecular formula is C22H24F6N4O4. The van der Waals surface area contributed by atoms with Crippen LogP contribution >= 0.6 is 0 Å². The quantitative estimate of drug-likeness (QED) is 0.550. The highest BCUT2D eigenvalue weighted by molar-refractivity contribution is 5.83. The Kier molecular flexibility index (Phi) is 7.36. The number of carbonyl (C=O) groups is 2. The molecule has 36 heavy (non-hydrogen) atoms. The van der Waals surface area contributed by atoms with Gasteiger partial charge in [-0.1, -0.05) is 0 Å². The smallest absolute Gasteiger partial charge is 0.433 e. The molecule has 0 radical (unpaired) electrons. The molecule has 0 bridgehead atoms. The van der Waals surface area contributed by atoms with Gasteiger partial charge in [0.25, 0.3) is 5.91 Å². The molecule has 1 aromatic rings. The number of hydrogen-bond acceptors (Lipinski definition) is 6. The van der Waals surface area contributed by atoms with Crippen molar-refractivity contribution >= 4 is 17.7 Å². The van der Waals surface area contributed by atoms with Gasteiger partial charge in [0.1, 0.15) is 5.60 Å². The minimum absolute atomic E-state index is 0.0176. The number of rotatable bonds is 2. The fourth-order valence-electron chi connectivity index (χ4n) is 3.86. The highest BCUT2D eigenvalue weighted by Crippen LogP contribution is 2.39. The number of alkyl halides is 6. The summed E-state index contributed by atoms with van der Waals surface area (Å²) in [6.45, 7) is 4.63. The van der Waals surface area contributed by atoms with Crippen molar-refractivity contribution < 1.29 is 45.4 Å². The van der Waals surface area contributed by atoms with Crippen molar-refractivity contribution in [3.05, 3.63) is 29.3 Å². The van der Waals surface area contributed by atoms with E-state index in [1.54, 1.807) is 20.8 Å². The maximum Gasteiger partial charge on any atom is 0.433 e. The first kappa shape index (κ1) is 27.4. The first-order chi connectivity index (χ1) is 16.5. The van der Waals surface area contributed by atoms with Gasteiger partial charge in [0.05, 0.1) is 23.7 Å². The van der Waals surface area contributed by atoms with Crippen molar-refractivity contribution in [2.75, 3.05) is 37.6 Å². The molecule has 198 valence electrons. The Bertz CT molecular complexity index is 1040. The Morgan fingerprint density at radius 2 is 1.61 bits per heavy atom. The van der Waals surface area contributed by atoms with Crippen LogP contribution in [-0.2, 0) is 20.4 Å². The van der Waals surface area contributed by atoms with Gasteiger partial charge in [-0.05, 0) is 39.0 Å². The molecule has 0 N–H and O–H groups in total. The number of ether oxygens (including phenoxy) is 2. The van der Waals surface area contributed by atoms with E-state index in [1.807, 2.05) is 0 Å². The first-order valence-electron chi connectivity index (χ1n) is 10.9. The van der Waals surface area contributed by atoms with Crippen molar-refractivity contribution in [2.45, 2.75) is 51.1 Å². The lowest BCUT2D eigenvalue weighted by Crippen LogP contribution is -2.54. The molecule has 3 rings (SSSR count). The van der Waals surface area contributed by atoms with Crippen molar-refractivity contribution in [1.82, 2.24) is 9.80 Å². The highest BCUT2D eigenvalue weighted by atomic mass is 19.4. The van der Waals surface area contributed by atoms with Crippen molar-refractivity contribution in [2.24, 2.45) is 0 Å². The van der Waals surface area contributed by atoms with Crippen LogP contribution in [-0.4, -0.2) is 78.6 Å². The summed E-state index contributed by atoms with van der Waals surface area (Å²) >= 11 is 0. The van der Waals surface area contributed by atoms with E-state index in [4.69, 9.17) is 14.7 Å². The van der Waals surface area contributed by atoms with E-state index in [0.717, 1.165) is 12.1 Å². The lowest BCUT2D eigenvalue weighted by molar-refractivity contribution is -0.215. The third kappa shape index (κ3) is 6.13. The second-order valence-corrected chi connectivity index (χ2v) is 9.30. The molecule has 8 nitrogen and oxygen atoms in total. The monoisotopic (exact) mass is 522 g/mol. The summed E-state index contributed by atoms with van der Waals surface area (Å²) in [5, 5.41) is 8.94. The molecule has 0 spiro atoms. The number of nitriles is 1. The number of benzene rings is 1. The van der Waals surface area contributed by atoms with Crippen LogP contribution in [0.3, 0.4) is 0 Å². The average molecular weight is 522 g/mol. The summed E-state index contributed by atoms with van der Waals surface area (Å²) in [4.78, 5) is 28.2. The summed E-state index contributed by atoms with van der Waals surface area (Å²) in [6, 6.07) is 3.52. The number of nitrogens with zero attached hydrogens (tertiary/aromatic N) is 4. The predicted molar refractivity (Wildman–Crippen MR) is 113 cm³/mol. The van der Waals surface area contributed by atoms with E-state index in [1.165, 1.54) is 15.9 Å². The first-order valence-corrected chi connectivity index (χ1v) is 10.9. The van der Waals surface area contributed by atoms with E-state index in [2.05, 4.69) is 0 Å². The Morgan fingerprint density at radius 1 is 1.03 bits per heavy atom. The van der Waals surface area contributed by atoms with Crippen LogP contribution in [0.2, 0.25) is 0 Å². The molecular weight excluding hydrogens is 498 g/mol. The Hall–Kier alpha value is -3.21. The Balaban J connectivity index is 1.76. The van der Waals surface area contributed by atoms with Gasteiger partial charge >= 0.3 is 18.4 Å². The van der Waals surface area contributed by atoms with Gasteiger partial charge in [-0.3, -0.25) is 4.79 Å². The van der Waals surface area contributed by atoms with E-state index in [9.17, 15) is 35.9 Å². The number of piperazine rings is 1. The lowest BCUT2D eigenvalue weighted by Gasteiger charge is -2.36. The van der Waals surface area contributed by atoms with E-state index >= 15 is 0 Å². The minimum atomic E-state index is -5.02. The molecule has 2 saturated heterocycles. The summed E-state index contributed by atoms with van der Waals surface area (Å²) in [5.74, 6) is -0.778. The number of halogens is 6. The minimum Gasteiger partial charge on any atom is -0.444 e. The third-order valence-electron chi connectivity index (χ3n) is 5.50. The van der Waals surface area contributed by atoms with Crippen LogP contribution in [0.25, 0.3) is 0 Å². The van der Waals surface area contributed by atoms with E-state index in [0.29, 0.717) is 11.0 Å². The second-order valence-electron chi connectivity index (χ2n) is 9.30. The SMILES string of the molecule is CC(C)(C)OC(=O)N1CCN(C(=O)[C@@H]2CN(c3ccc(C#N)c(C(F)(F)F)c3)[C@@H](C(F)(F)F)O2)CC1. The molecule has 2 aliphatic heterocycles. The number of hydrogen-bond donors (Lipinski definition) is 0. The topological polar surface area (TPSA) is 86.1 Å². The second kappa shape index (κ2) is 9.68. The predicted octanol–water partition coefficient (Wildman–Crippen LogP) is 3.75. The zero-order valence-corrected chi connectivity index (χ0v) is 19.6. The summed E-state index contributed by atoms with van der Waals surface area (Å²) in [7, 11) is 0. The average Bonchev–Trinajstić information content (AvgIpc) is 3.22. The molecule has 1 aromatic carbocycles. The normalized spacial score (nSPS) is 21.4. The van der Waals surface area contributed by atoms with Crippen LogP contribution in [0.5, 0.6) is 0 Å². The molecule has 0 aliphatic carbocycles. The van der Waals surface area contributed by atoms with Gasteiger partial charge in [-0.2, -0.15) is 31.6 Å². The summed E-state index contributed by atoms with van der Waals surface area (Å²) < 4.78 is 91.4. The molecule has 2 aliphatic rings. The van der Waals surface area contributed by atoms with Crippen LogP contribution in [0.15, 0.2) is 18.2 Å². The molecule has 2 fully saturated rings. The Morgan fingerprint density at radius 3 is 2.11 bits per heavy atom. The zero-order chi connectivity index (χ0) is 27.1. The van der Waals surface area contributed by atoms with Crippen LogP contribution in [0.4, 0.5) is 36.8 Å². The fraction of sp³-hybridized carbons (Fsp3) is 0.591. The Labute approximate surface area is 202 Å². The zero-order valence-electron chi connectivity index (χ0n) is 19.6. The summed E-state index contributed by atoms with van der Waals surface area (Å²) in [5.41, 5.74) is -3.36. The van der Waals surface area contributed by atoms with Crippen molar-refractivity contribution in [1.29, 1.82) is 5.26 Å². The molecule has 14 heteroatoms. The number of carbonyl (C=O) groups excluding carboxylic acids is 2. The maximum absolute atomic E-state index is 13.7. The standard InChI is InChI=1S/C22H24F6N4O4/c1-20(2,3)36-19(34)31-8-6-30(7-9-31)17(33)16-12-32(18(35-16)22(26,27)28)14-5-4-13(11-29)15(10-14)21(23,24)25/h4-5,10,16,18H,6-9,12H2,1-3H3/t16-,18+/m0/s1. The molecule has 0 unspecified atom stereocenters. The van der Waals surface area contributed by atoms with Crippen molar-refractivity contribution in [3.63, 3.8) is 0 Å². The van der Waals surface area contributed by atoms with E-state index < -0.39 is 65.6 Å². The molecule has 0 aromatic heterocycles. The van der Waals surface area contributed by atoms with Gasteiger partial charge in [0.2, 0.25) is 6.23 Å². The fourth-order valence-corrected chi connectivity index (χ4v) is 3.86. The maximum atomic E-state index is 13.7. The van der Waals surface area contributed by atoms with Crippen molar-refractivity contribution in [3.8, 4) is 6.07 Å². The highest BCUT2D eigenvalue weighted by Gasteiger charge is 2.53. The van der Waals surface area contributed by atoms with Gasteiger partial charge in [-0.25, -0.2) is 4.79 Å². The number of amides is 2. The molecule has 0 saturated carbocycles. The van der Waals surface area contributed by atoms with Gasteiger partial charge in [0.15, 0.2) is 6.10 Å². The largest absolute Gasteiger partial charge is 0.444 e. The van der Waals surface area contributed by atoms with E-state index in [-0.39, 0.29) is 26.2 Å². The molecule has 2 amide bonds. The van der Waals surface area contributed by atoms with Gasteiger partial charge in [-0.15, -0.1) is 0 Å². The third-order valence-corrected chi connectivity index (χ3v) is 5.50. The van der Waals surface area contributed by atoms with Crippen LogP contribution < -0.4 is 4.90 Å². The van der Waals surface area contributed by atoms with Gasteiger partial charge < -0.3 is 24.2 Å². The molecule has 2 heterocycles. The number of anilines is 1. The van der Waals surface area contributed by atoms with Crippen LogP contribution in [0, 0.1) is 11.3 Å². The van der Waals surface area contributed by atoms with Crippen LogP contribution in [0.1, 0.15) is 31.9 Å². The summed E-state index contributed by atoms with van der Waals surface area (Å²) in [6.07, 6.45) is -14.8. The van der Waals surface area contributed by atoms with Gasteiger partial charge in [0, 0.05) is 31.9 Å². The molecule has 2 atom stereocenters.